The lowest BCUT2D eigenvalue weighted by Crippen LogP contribution is -2.26. The van der Waals surface area contributed by atoms with Gasteiger partial charge in [-0.15, -0.1) is 0 Å². The molecule has 0 saturated carbocycles. The molecule has 3 heteroatoms. The lowest BCUT2D eigenvalue weighted by molar-refractivity contribution is 0.669. The van der Waals surface area contributed by atoms with Crippen LogP contribution in [0.5, 0.6) is 0 Å². The fraction of sp³-hybridized carbons (Fsp3) is 0.0182. The van der Waals surface area contributed by atoms with Crippen molar-refractivity contribution in [3.63, 3.8) is 0 Å². The highest BCUT2D eigenvalue weighted by molar-refractivity contribution is 6.19. The van der Waals surface area contributed by atoms with E-state index < -0.39 is 5.41 Å². The first-order valence-electron chi connectivity index (χ1n) is 20.1. The third kappa shape index (κ3) is 3.61. The maximum absolute atomic E-state index is 6.80. The molecule has 0 radical (unpaired) electrons. The van der Waals surface area contributed by atoms with Gasteiger partial charge in [-0.3, -0.25) is 0 Å². The Morgan fingerprint density at radius 3 is 1.67 bits per heavy atom. The van der Waals surface area contributed by atoms with Crippen LogP contribution < -0.4 is 0 Å². The third-order valence-electron chi connectivity index (χ3n) is 13.3. The quantitative estimate of drug-likeness (QED) is 0.173. The molecule has 0 saturated heterocycles. The molecule has 268 valence electrons. The van der Waals surface area contributed by atoms with Gasteiger partial charge in [-0.1, -0.05) is 140 Å². The van der Waals surface area contributed by atoms with Gasteiger partial charge in [0.05, 0.1) is 27.5 Å². The maximum atomic E-state index is 6.80. The zero-order chi connectivity index (χ0) is 37.7. The number of para-hydroxylation sites is 4. The van der Waals surface area contributed by atoms with Crippen LogP contribution in [0, 0.1) is 0 Å². The van der Waals surface area contributed by atoms with Crippen LogP contribution in [-0.4, -0.2) is 9.13 Å². The molecule has 1 atom stereocenters. The van der Waals surface area contributed by atoms with Crippen molar-refractivity contribution in [3.05, 3.63) is 216 Å². The molecule has 58 heavy (non-hydrogen) atoms. The van der Waals surface area contributed by atoms with E-state index >= 15 is 0 Å². The number of aromatic nitrogens is 2. The summed E-state index contributed by atoms with van der Waals surface area (Å²) in [7, 11) is 0. The second kappa shape index (κ2) is 10.8. The monoisotopic (exact) mass is 736 g/mol. The molecule has 3 heterocycles. The van der Waals surface area contributed by atoms with Crippen molar-refractivity contribution < 1.29 is 4.42 Å². The summed E-state index contributed by atoms with van der Waals surface area (Å²) in [6, 6.07) is 71.7. The molecule has 3 nitrogen and oxygen atoms in total. The van der Waals surface area contributed by atoms with E-state index in [1.165, 1.54) is 88.1 Å². The average molecular weight is 737 g/mol. The van der Waals surface area contributed by atoms with Crippen LogP contribution in [0.4, 0.5) is 0 Å². The standard InChI is InChI=1S/C55H32N2O/c1-2-14-33(15-3-1)56-48-23-11-6-17-37(48)42-31-43-38-18-7-12-24-49(38)57(51(43)32-50(42)56)34-26-27-36-35-16-4-9-21-44(35)55(47(36)30-34)45-22-10-5-20-41(45)53-46(55)29-28-40-39-19-8-13-25-52(39)58-54(40)53/h1-32H. The van der Waals surface area contributed by atoms with Gasteiger partial charge < -0.3 is 13.6 Å². The zero-order valence-corrected chi connectivity index (χ0v) is 31.3. The van der Waals surface area contributed by atoms with Gasteiger partial charge in [-0.05, 0) is 93.5 Å². The summed E-state index contributed by atoms with van der Waals surface area (Å²) < 4.78 is 11.7. The average Bonchev–Trinajstić information content (AvgIpc) is 4.06. The molecule has 0 aliphatic heterocycles. The van der Waals surface area contributed by atoms with Gasteiger partial charge >= 0.3 is 0 Å². The van der Waals surface area contributed by atoms with E-state index in [1.807, 2.05) is 0 Å². The molecule has 0 N–H and O–H groups in total. The van der Waals surface area contributed by atoms with Gasteiger partial charge in [0.25, 0.3) is 0 Å². The Hall–Kier alpha value is -7.62. The van der Waals surface area contributed by atoms with Crippen molar-refractivity contribution in [2.75, 3.05) is 0 Å². The van der Waals surface area contributed by atoms with Gasteiger partial charge in [-0.2, -0.15) is 0 Å². The van der Waals surface area contributed by atoms with Crippen LogP contribution in [0.25, 0.3) is 99.2 Å². The van der Waals surface area contributed by atoms with Crippen LogP contribution in [0.1, 0.15) is 22.3 Å². The van der Waals surface area contributed by atoms with Crippen molar-refractivity contribution >= 4 is 65.6 Å². The van der Waals surface area contributed by atoms with E-state index in [0.717, 1.165) is 33.3 Å². The number of nitrogens with zero attached hydrogens (tertiary/aromatic N) is 2. The molecule has 14 rings (SSSR count). The Balaban J connectivity index is 1.10. The molecular formula is C55H32N2O. The number of furan rings is 1. The van der Waals surface area contributed by atoms with Gasteiger partial charge in [0.15, 0.2) is 0 Å². The van der Waals surface area contributed by atoms with Gasteiger partial charge in [0.2, 0.25) is 0 Å². The molecule has 0 fully saturated rings. The van der Waals surface area contributed by atoms with Crippen molar-refractivity contribution in [1.29, 1.82) is 0 Å². The summed E-state index contributed by atoms with van der Waals surface area (Å²) in [4.78, 5) is 0. The Morgan fingerprint density at radius 1 is 0.328 bits per heavy atom. The van der Waals surface area contributed by atoms with Crippen LogP contribution in [0.3, 0.4) is 0 Å². The summed E-state index contributed by atoms with van der Waals surface area (Å²) in [5.41, 5.74) is 18.7. The molecule has 12 aromatic rings. The lowest BCUT2D eigenvalue weighted by Gasteiger charge is -2.30. The molecule has 9 aromatic carbocycles. The Bertz CT molecular complexity index is 3750. The highest BCUT2D eigenvalue weighted by atomic mass is 16.3. The summed E-state index contributed by atoms with van der Waals surface area (Å²) in [5.74, 6) is 0. The van der Waals surface area contributed by atoms with Crippen molar-refractivity contribution in [2.45, 2.75) is 5.41 Å². The first kappa shape index (κ1) is 30.6. The molecule has 1 unspecified atom stereocenters. The molecule has 0 bridgehead atoms. The summed E-state index contributed by atoms with van der Waals surface area (Å²) in [6.07, 6.45) is 0. The van der Waals surface area contributed by atoms with Gasteiger partial charge in [0, 0.05) is 49.3 Å². The van der Waals surface area contributed by atoms with Crippen LogP contribution in [-0.2, 0) is 5.41 Å². The smallest absolute Gasteiger partial charge is 0.143 e. The van der Waals surface area contributed by atoms with Gasteiger partial charge in [0.1, 0.15) is 11.2 Å². The maximum Gasteiger partial charge on any atom is 0.143 e. The largest absolute Gasteiger partial charge is 0.455 e. The molecule has 2 aliphatic rings. The molecule has 3 aromatic heterocycles. The van der Waals surface area contributed by atoms with Crippen LogP contribution >= 0.6 is 0 Å². The summed E-state index contributed by atoms with van der Waals surface area (Å²) >= 11 is 0. The second-order valence-electron chi connectivity index (χ2n) is 16.0. The highest BCUT2D eigenvalue weighted by Gasteiger charge is 2.52. The number of hydrogen-bond acceptors (Lipinski definition) is 1. The summed E-state index contributed by atoms with van der Waals surface area (Å²) in [5, 5.41) is 7.33. The first-order valence-corrected chi connectivity index (χ1v) is 20.1. The molecular weight excluding hydrogens is 705 g/mol. The molecule has 0 amide bonds. The Kier molecular flexibility index (Phi) is 5.70. The van der Waals surface area contributed by atoms with Gasteiger partial charge in [-0.25, -0.2) is 0 Å². The predicted octanol–water partition coefficient (Wildman–Crippen LogP) is 14.1. The SMILES string of the molecule is c1ccc(-n2c3ccccc3c3cc4c5ccccc5n(-c5ccc6c(c5)C5(c7ccccc7-6)c6ccccc6-c6c5ccc5c6oc6ccccc65)c4cc32)cc1. The van der Waals surface area contributed by atoms with Crippen molar-refractivity contribution in [1.82, 2.24) is 9.13 Å². The van der Waals surface area contributed by atoms with Crippen molar-refractivity contribution in [2.24, 2.45) is 0 Å². The summed E-state index contributed by atoms with van der Waals surface area (Å²) in [6.45, 7) is 0. The fourth-order valence-electron chi connectivity index (χ4n) is 11.1. The number of fused-ring (bicyclic) bond motifs is 20. The third-order valence-corrected chi connectivity index (χ3v) is 13.3. The normalized spacial score (nSPS) is 15.3. The van der Waals surface area contributed by atoms with E-state index in [9.17, 15) is 0 Å². The minimum Gasteiger partial charge on any atom is -0.455 e. The Labute approximate surface area is 333 Å². The minimum atomic E-state index is -0.521. The molecule has 2 aliphatic carbocycles. The topological polar surface area (TPSA) is 23.0 Å². The highest BCUT2D eigenvalue weighted by Crippen LogP contribution is 2.64. The van der Waals surface area contributed by atoms with E-state index in [1.54, 1.807) is 0 Å². The number of hydrogen-bond donors (Lipinski definition) is 0. The van der Waals surface area contributed by atoms with E-state index in [4.69, 9.17) is 4.42 Å². The predicted molar refractivity (Wildman–Crippen MR) is 239 cm³/mol. The Morgan fingerprint density at radius 2 is 0.914 bits per heavy atom. The number of benzene rings is 9. The lowest BCUT2D eigenvalue weighted by atomic mass is 9.70. The number of rotatable bonds is 2. The van der Waals surface area contributed by atoms with E-state index in [0.29, 0.717) is 0 Å². The minimum absolute atomic E-state index is 0.521. The fourth-order valence-corrected chi connectivity index (χ4v) is 11.1. The molecule has 1 spiro atoms. The van der Waals surface area contributed by atoms with E-state index in [2.05, 4.69) is 203 Å². The second-order valence-corrected chi connectivity index (χ2v) is 16.0. The van der Waals surface area contributed by atoms with Crippen LogP contribution in [0.15, 0.2) is 199 Å². The van der Waals surface area contributed by atoms with Crippen LogP contribution in [0.2, 0.25) is 0 Å². The first-order chi connectivity index (χ1) is 28.8. The van der Waals surface area contributed by atoms with Crippen molar-refractivity contribution in [3.8, 4) is 33.6 Å². The zero-order valence-electron chi connectivity index (χ0n) is 31.3. The van der Waals surface area contributed by atoms with E-state index in [-0.39, 0.29) is 0 Å².